The highest BCUT2D eigenvalue weighted by Gasteiger charge is 2.42. The maximum Gasteiger partial charge on any atom is 0.161 e. The average Bonchev–Trinajstić information content (AvgIpc) is 3.21. The topological polar surface area (TPSA) is 41.9 Å². The second-order valence-electron chi connectivity index (χ2n) is 6.02. The van der Waals surface area contributed by atoms with Crippen molar-refractivity contribution in [1.82, 2.24) is 4.90 Å². The van der Waals surface area contributed by atoms with Crippen LogP contribution < -0.4 is 9.47 Å². The maximum atomic E-state index is 10.2. The van der Waals surface area contributed by atoms with Crippen molar-refractivity contribution in [3.8, 4) is 11.5 Å². The minimum Gasteiger partial charge on any atom is -0.493 e. The number of nitrogens with zero attached hydrogens (tertiary/aromatic N) is 1. The van der Waals surface area contributed by atoms with Gasteiger partial charge in [0.1, 0.15) is 6.10 Å². The predicted molar refractivity (Wildman–Crippen MR) is 77.3 cm³/mol. The standard InChI is InChI=1S/C16H23NO3/c1-17-9-5-13(6-10-17)20-14-4-3-12(11-15(14)19-2)16(18)7-8-16/h3-4,11,13,18H,5-10H2,1-2H3. The number of hydrogen-bond donors (Lipinski definition) is 1. The first-order valence-corrected chi connectivity index (χ1v) is 7.37. The Morgan fingerprint density at radius 2 is 1.90 bits per heavy atom. The summed E-state index contributed by atoms with van der Waals surface area (Å²) < 4.78 is 11.5. The summed E-state index contributed by atoms with van der Waals surface area (Å²) in [5, 5.41) is 10.2. The lowest BCUT2D eigenvalue weighted by Gasteiger charge is -2.29. The molecule has 4 heteroatoms. The van der Waals surface area contributed by atoms with E-state index in [1.54, 1.807) is 7.11 Å². The molecule has 3 rings (SSSR count). The summed E-state index contributed by atoms with van der Waals surface area (Å²) in [5.74, 6) is 1.51. The van der Waals surface area contributed by atoms with E-state index in [1.807, 2.05) is 18.2 Å². The molecule has 0 atom stereocenters. The van der Waals surface area contributed by atoms with Gasteiger partial charge in [0.15, 0.2) is 11.5 Å². The van der Waals surface area contributed by atoms with Crippen molar-refractivity contribution in [2.24, 2.45) is 0 Å². The van der Waals surface area contributed by atoms with E-state index in [-0.39, 0.29) is 6.10 Å². The van der Waals surface area contributed by atoms with E-state index in [2.05, 4.69) is 11.9 Å². The molecule has 110 valence electrons. The van der Waals surface area contributed by atoms with Gasteiger partial charge in [-0.1, -0.05) is 6.07 Å². The van der Waals surface area contributed by atoms with Gasteiger partial charge in [0.05, 0.1) is 12.7 Å². The van der Waals surface area contributed by atoms with Crippen molar-refractivity contribution < 1.29 is 14.6 Å². The van der Waals surface area contributed by atoms with E-state index in [1.165, 1.54) is 0 Å². The van der Waals surface area contributed by atoms with Gasteiger partial charge in [-0.2, -0.15) is 0 Å². The molecule has 20 heavy (non-hydrogen) atoms. The molecule has 4 nitrogen and oxygen atoms in total. The van der Waals surface area contributed by atoms with Crippen molar-refractivity contribution in [1.29, 1.82) is 0 Å². The van der Waals surface area contributed by atoms with Gasteiger partial charge in [0, 0.05) is 13.1 Å². The van der Waals surface area contributed by atoms with Crippen LogP contribution in [0.25, 0.3) is 0 Å². The Bertz CT molecular complexity index is 477. The van der Waals surface area contributed by atoms with Gasteiger partial charge in [-0.3, -0.25) is 0 Å². The molecule has 1 aliphatic carbocycles. The lowest BCUT2D eigenvalue weighted by molar-refractivity contribution is 0.110. The second-order valence-corrected chi connectivity index (χ2v) is 6.02. The molecule has 0 radical (unpaired) electrons. The Balaban J connectivity index is 1.72. The lowest BCUT2D eigenvalue weighted by Crippen LogP contribution is -2.35. The van der Waals surface area contributed by atoms with Crippen LogP contribution in [0.5, 0.6) is 11.5 Å². The van der Waals surface area contributed by atoms with Crippen molar-refractivity contribution in [2.75, 3.05) is 27.2 Å². The minimum atomic E-state index is -0.626. The van der Waals surface area contributed by atoms with Crippen molar-refractivity contribution >= 4 is 0 Å². The summed E-state index contributed by atoms with van der Waals surface area (Å²) in [7, 11) is 3.79. The Morgan fingerprint density at radius 1 is 1.20 bits per heavy atom. The fourth-order valence-electron chi connectivity index (χ4n) is 2.74. The molecule has 0 amide bonds. The number of ether oxygens (including phenoxy) is 2. The van der Waals surface area contributed by atoms with E-state index in [4.69, 9.17) is 9.47 Å². The average molecular weight is 277 g/mol. The molecule has 1 saturated carbocycles. The van der Waals surface area contributed by atoms with Crippen LogP contribution in [0.4, 0.5) is 0 Å². The van der Waals surface area contributed by atoms with Gasteiger partial charge < -0.3 is 19.5 Å². The minimum absolute atomic E-state index is 0.259. The summed E-state index contributed by atoms with van der Waals surface area (Å²) in [6.45, 7) is 2.15. The molecule has 1 aliphatic heterocycles. The maximum absolute atomic E-state index is 10.2. The molecule has 2 fully saturated rings. The van der Waals surface area contributed by atoms with Crippen LogP contribution in [-0.4, -0.2) is 43.4 Å². The lowest BCUT2D eigenvalue weighted by atomic mass is 10.1. The van der Waals surface area contributed by atoms with Gasteiger partial charge in [-0.25, -0.2) is 0 Å². The van der Waals surface area contributed by atoms with Crippen LogP contribution >= 0.6 is 0 Å². The van der Waals surface area contributed by atoms with Crippen molar-refractivity contribution in [2.45, 2.75) is 37.4 Å². The van der Waals surface area contributed by atoms with Crippen LogP contribution in [0.15, 0.2) is 18.2 Å². The van der Waals surface area contributed by atoms with Crippen LogP contribution in [0.2, 0.25) is 0 Å². The first kappa shape index (κ1) is 13.7. The highest BCUT2D eigenvalue weighted by atomic mass is 16.5. The molecule has 1 N–H and O–H groups in total. The molecule has 1 saturated heterocycles. The van der Waals surface area contributed by atoms with Crippen molar-refractivity contribution in [3.63, 3.8) is 0 Å². The van der Waals surface area contributed by atoms with Crippen LogP contribution in [0.3, 0.4) is 0 Å². The Morgan fingerprint density at radius 3 is 2.50 bits per heavy atom. The summed E-state index contributed by atoms with van der Waals surface area (Å²) in [5.41, 5.74) is 0.310. The number of likely N-dealkylation sites (tertiary alicyclic amines) is 1. The zero-order chi connectivity index (χ0) is 14.2. The number of methoxy groups -OCH3 is 1. The molecule has 0 spiro atoms. The fourth-order valence-corrected chi connectivity index (χ4v) is 2.74. The SMILES string of the molecule is COc1cc(C2(O)CC2)ccc1OC1CCN(C)CC1. The molecule has 1 heterocycles. The quantitative estimate of drug-likeness (QED) is 0.915. The highest BCUT2D eigenvalue weighted by Crippen LogP contribution is 2.47. The van der Waals surface area contributed by atoms with Gasteiger partial charge in [-0.05, 0) is 50.4 Å². The summed E-state index contributed by atoms with van der Waals surface area (Å²) in [6.07, 6.45) is 4.03. The largest absolute Gasteiger partial charge is 0.493 e. The zero-order valence-electron chi connectivity index (χ0n) is 12.3. The molecule has 0 aromatic heterocycles. The summed E-state index contributed by atoms with van der Waals surface area (Å²) in [4.78, 5) is 2.32. The van der Waals surface area contributed by atoms with Crippen LogP contribution in [-0.2, 0) is 5.60 Å². The number of aliphatic hydroxyl groups is 1. The first-order chi connectivity index (χ1) is 9.60. The van der Waals surface area contributed by atoms with Gasteiger partial charge >= 0.3 is 0 Å². The molecular weight excluding hydrogens is 254 g/mol. The van der Waals surface area contributed by atoms with Gasteiger partial charge in [-0.15, -0.1) is 0 Å². The number of hydrogen-bond acceptors (Lipinski definition) is 4. The molecule has 1 aromatic rings. The van der Waals surface area contributed by atoms with Gasteiger partial charge in [0.2, 0.25) is 0 Å². The number of benzene rings is 1. The monoisotopic (exact) mass is 277 g/mol. The first-order valence-electron chi connectivity index (χ1n) is 7.37. The third-order valence-electron chi connectivity index (χ3n) is 4.38. The summed E-state index contributed by atoms with van der Waals surface area (Å²) >= 11 is 0. The Hall–Kier alpha value is -1.26. The third-order valence-corrected chi connectivity index (χ3v) is 4.38. The Kier molecular flexibility index (Phi) is 3.61. The van der Waals surface area contributed by atoms with E-state index < -0.39 is 5.60 Å². The van der Waals surface area contributed by atoms with E-state index in [0.717, 1.165) is 55.8 Å². The zero-order valence-corrected chi connectivity index (χ0v) is 12.3. The smallest absolute Gasteiger partial charge is 0.161 e. The van der Waals surface area contributed by atoms with E-state index in [9.17, 15) is 5.11 Å². The molecule has 1 aromatic carbocycles. The highest BCUT2D eigenvalue weighted by molar-refractivity contribution is 5.46. The third kappa shape index (κ3) is 2.76. The normalized spacial score (nSPS) is 22.6. The van der Waals surface area contributed by atoms with E-state index >= 15 is 0 Å². The van der Waals surface area contributed by atoms with E-state index in [0.29, 0.717) is 0 Å². The fraction of sp³-hybridized carbons (Fsp3) is 0.625. The number of rotatable bonds is 4. The molecule has 0 bridgehead atoms. The molecule has 0 unspecified atom stereocenters. The molecular formula is C16H23NO3. The Labute approximate surface area is 120 Å². The molecule has 2 aliphatic rings. The second kappa shape index (κ2) is 5.26. The predicted octanol–water partition coefficient (Wildman–Crippen LogP) is 2.15. The summed E-state index contributed by atoms with van der Waals surface area (Å²) in [6, 6.07) is 5.81. The van der Waals surface area contributed by atoms with Gasteiger partial charge in [0.25, 0.3) is 0 Å². The van der Waals surface area contributed by atoms with Crippen LogP contribution in [0, 0.1) is 0 Å². The van der Waals surface area contributed by atoms with Crippen molar-refractivity contribution in [3.05, 3.63) is 23.8 Å². The van der Waals surface area contributed by atoms with Crippen LogP contribution in [0.1, 0.15) is 31.2 Å². The number of piperidine rings is 1.